The van der Waals surface area contributed by atoms with Gasteiger partial charge in [-0.3, -0.25) is 9.69 Å². The fraction of sp³-hybridized carbons (Fsp3) is 0.417. The Morgan fingerprint density at radius 2 is 2.39 bits per heavy atom. The minimum atomic E-state index is -1.10. The van der Waals surface area contributed by atoms with Crippen LogP contribution in [0.5, 0.6) is 0 Å². The summed E-state index contributed by atoms with van der Waals surface area (Å²) in [5.41, 5.74) is 0.646. The van der Waals surface area contributed by atoms with Crippen LogP contribution >= 0.6 is 0 Å². The van der Waals surface area contributed by atoms with Crippen LogP contribution in [-0.4, -0.2) is 40.5 Å². The molecule has 0 aromatic carbocycles. The van der Waals surface area contributed by atoms with Crippen LogP contribution in [0.15, 0.2) is 23.4 Å². The van der Waals surface area contributed by atoms with Gasteiger partial charge in [-0.15, -0.1) is 0 Å². The topological polar surface area (TPSA) is 93.4 Å². The largest absolute Gasteiger partial charge is 0.477 e. The average Bonchev–Trinajstić information content (AvgIpc) is 2.69. The predicted octanol–water partition coefficient (Wildman–Crippen LogP) is -0.393. The van der Waals surface area contributed by atoms with Crippen molar-refractivity contribution in [2.24, 2.45) is 5.92 Å². The summed E-state index contributed by atoms with van der Waals surface area (Å²) in [6.45, 7) is 0.697. The number of carboxylic acid groups (broad SMARTS) is 1. The first-order chi connectivity index (χ1) is 8.66. The number of hydrogen-bond donors (Lipinski definition) is 2. The first kappa shape index (κ1) is 11.0. The van der Waals surface area contributed by atoms with Crippen LogP contribution in [-0.2, 0) is 9.59 Å². The zero-order valence-electron chi connectivity index (χ0n) is 9.46. The predicted molar refractivity (Wildman–Crippen MR) is 59.9 cm³/mol. The van der Waals surface area contributed by atoms with Gasteiger partial charge in [-0.25, -0.2) is 4.79 Å². The minimum Gasteiger partial charge on any atom is -0.477 e. The van der Waals surface area contributed by atoms with Crippen molar-refractivity contribution in [1.82, 2.24) is 10.2 Å². The van der Waals surface area contributed by atoms with E-state index < -0.39 is 5.97 Å². The molecule has 1 unspecified atom stereocenters. The molecule has 0 saturated carbocycles. The van der Waals surface area contributed by atoms with Crippen LogP contribution in [0.25, 0.3) is 0 Å². The molecular formula is C12H11N3O3. The Balaban J connectivity index is 2.08. The van der Waals surface area contributed by atoms with Gasteiger partial charge in [0.1, 0.15) is 11.7 Å². The molecule has 0 spiro atoms. The Bertz CT molecular complexity index is 543. The highest BCUT2D eigenvalue weighted by Gasteiger charge is 2.60. The molecule has 3 aliphatic heterocycles. The van der Waals surface area contributed by atoms with Crippen molar-refractivity contribution in [2.75, 3.05) is 6.54 Å². The van der Waals surface area contributed by atoms with E-state index in [1.165, 1.54) is 17.1 Å². The summed E-state index contributed by atoms with van der Waals surface area (Å²) in [6, 6.07) is 1.52. The average molecular weight is 245 g/mol. The Kier molecular flexibility index (Phi) is 2.25. The van der Waals surface area contributed by atoms with Crippen molar-refractivity contribution in [3.8, 4) is 6.07 Å². The Morgan fingerprint density at radius 3 is 3.06 bits per heavy atom. The van der Waals surface area contributed by atoms with Crippen LogP contribution in [0.1, 0.15) is 6.42 Å². The molecule has 18 heavy (non-hydrogen) atoms. The SMILES string of the molecule is N#C/C=C/C1=C(C(=O)O)N2C(=O)[C@H]3NCCC1[C@H]32. The van der Waals surface area contributed by atoms with E-state index in [2.05, 4.69) is 5.32 Å². The Morgan fingerprint density at radius 1 is 1.61 bits per heavy atom. The van der Waals surface area contributed by atoms with E-state index in [1.54, 1.807) is 0 Å². The van der Waals surface area contributed by atoms with Crippen LogP contribution in [0, 0.1) is 17.2 Å². The molecule has 3 atom stereocenters. The highest BCUT2D eigenvalue weighted by atomic mass is 16.4. The van der Waals surface area contributed by atoms with Crippen LogP contribution in [0.2, 0.25) is 0 Å². The number of hydrogen-bond acceptors (Lipinski definition) is 4. The molecular weight excluding hydrogens is 234 g/mol. The number of β-lactam (4-membered cyclic amide) rings is 1. The number of rotatable bonds is 2. The highest BCUT2D eigenvalue weighted by molar-refractivity contribution is 6.02. The molecule has 0 aromatic heterocycles. The van der Waals surface area contributed by atoms with Gasteiger partial charge in [0.15, 0.2) is 0 Å². The molecule has 2 saturated heterocycles. The van der Waals surface area contributed by atoms with Gasteiger partial charge in [0.2, 0.25) is 5.91 Å². The number of nitrogens with one attached hydrogen (secondary N) is 1. The summed E-state index contributed by atoms with van der Waals surface area (Å²) in [7, 11) is 0. The lowest BCUT2D eigenvalue weighted by Crippen LogP contribution is -2.71. The van der Waals surface area contributed by atoms with Crippen molar-refractivity contribution >= 4 is 11.9 Å². The van der Waals surface area contributed by atoms with Gasteiger partial charge in [0.05, 0.1) is 12.1 Å². The number of allylic oxidation sites excluding steroid dienone is 2. The summed E-state index contributed by atoms with van der Waals surface area (Å²) in [4.78, 5) is 24.5. The van der Waals surface area contributed by atoms with Crippen LogP contribution in [0.4, 0.5) is 0 Å². The number of carbonyl (C=O) groups is 2. The highest BCUT2D eigenvalue weighted by Crippen LogP contribution is 2.46. The third kappa shape index (κ3) is 1.19. The van der Waals surface area contributed by atoms with Gasteiger partial charge in [-0.2, -0.15) is 5.26 Å². The van der Waals surface area contributed by atoms with Crippen molar-refractivity contribution in [3.63, 3.8) is 0 Å². The monoisotopic (exact) mass is 245 g/mol. The van der Waals surface area contributed by atoms with Gasteiger partial charge >= 0.3 is 5.97 Å². The lowest BCUT2D eigenvalue weighted by molar-refractivity contribution is -0.154. The smallest absolute Gasteiger partial charge is 0.352 e. The third-order valence-corrected chi connectivity index (χ3v) is 3.83. The molecule has 6 heteroatoms. The lowest BCUT2D eigenvalue weighted by atomic mass is 9.79. The standard InChI is InChI=1S/C12H11N3O3/c13-4-1-2-6-7-3-5-14-8-9(7)15(11(8)16)10(6)12(17)18/h1-2,7-9,14H,3,5H2,(H,17,18)/b2-1+/t7?,8-,9+/m0/s1. The first-order valence-corrected chi connectivity index (χ1v) is 5.77. The summed E-state index contributed by atoms with van der Waals surface area (Å²) < 4.78 is 0. The van der Waals surface area contributed by atoms with Gasteiger partial charge < -0.3 is 10.4 Å². The van der Waals surface area contributed by atoms with E-state index in [-0.39, 0.29) is 29.6 Å². The molecule has 2 N–H and O–H groups in total. The zero-order chi connectivity index (χ0) is 12.9. The fourth-order valence-corrected chi connectivity index (χ4v) is 3.16. The van der Waals surface area contributed by atoms with Crippen LogP contribution in [0.3, 0.4) is 0 Å². The number of carbonyl (C=O) groups excluding carboxylic acids is 1. The quantitative estimate of drug-likeness (QED) is 0.510. The number of carboxylic acids is 1. The molecule has 0 aliphatic carbocycles. The molecule has 0 radical (unpaired) electrons. The first-order valence-electron chi connectivity index (χ1n) is 5.77. The number of nitrogens with zero attached hydrogens (tertiary/aromatic N) is 2. The van der Waals surface area contributed by atoms with Gasteiger partial charge in [-0.1, -0.05) is 0 Å². The number of amides is 1. The Hall–Kier alpha value is -2.13. The van der Waals surface area contributed by atoms with Crippen molar-refractivity contribution in [1.29, 1.82) is 5.26 Å². The van der Waals surface area contributed by atoms with E-state index in [0.29, 0.717) is 12.1 Å². The molecule has 1 amide bonds. The summed E-state index contributed by atoms with van der Waals surface area (Å²) in [5.74, 6) is -1.25. The van der Waals surface area contributed by atoms with E-state index in [4.69, 9.17) is 5.26 Å². The third-order valence-electron chi connectivity index (χ3n) is 3.83. The van der Waals surface area contributed by atoms with Gasteiger partial charge in [0, 0.05) is 12.0 Å². The normalized spacial score (nSPS) is 33.4. The molecule has 92 valence electrons. The van der Waals surface area contributed by atoms with Crippen molar-refractivity contribution < 1.29 is 14.7 Å². The maximum Gasteiger partial charge on any atom is 0.352 e. The number of piperidine rings is 1. The Labute approximate surface area is 103 Å². The molecule has 3 aliphatic rings. The van der Waals surface area contributed by atoms with E-state index in [0.717, 1.165) is 6.42 Å². The summed E-state index contributed by atoms with van der Waals surface area (Å²) >= 11 is 0. The molecule has 0 bridgehead atoms. The van der Waals surface area contributed by atoms with Gasteiger partial charge in [0.25, 0.3) is 0 Å². The second-order valence-corrected chi connectivity index (χ2v) is 4.60. The van der Waals surface area contributed by atoms with E-state index >= 15 is 0 Å². The second kappa shape index (κ2) is 3.68. The number of aliphatic carboxylic acids is 1. The van der Waals surface area contributed by atoms with Crippen LogP contribution < -0.4 is 5.32 Å². The fourth-order valence-electron chi connectivity index (χ4n) is 3.16. The van der Waals surface area contributed by atoms with Crippen molar-refractivity contribution in [3.05, 3.63) is 23.4 Å². The van der Waals surface area contributed by atoms with E-state index in [9.17, 15) is 14.7 Å². The second-order valence-electron chi connectivity index (χ2n) is 4.60. The summed E-state index contributed by atoms with van der Waals surface area (Å²) in [6.07, 6.45) is 3.58. The minimum absolute atomic E-state index is 0.0321. The van der Waals surface area contributed by atoms with Crippen molar-refractivity contribution in [2.45, 2.75) is 18.5 Å². The zero-order valence-corrected chi connectivity index (χ0v) is 9.46. The lowest BCUT2D eigenvalue weighted by Gasteiger charge is -2.48. The van der Waals surface area contributed by atoms with Gasteiger partial charge in [-0.05, 0) is 24.6 Å². The summed E-state index contributed by atoms with van der Waals surface area (Å²) in [5, 5.41) is 20.9. The molecule has 3 heterocycles. The molecule has 3 rings (SSSR count). The number of nitriles is 1. The molecule has 2 fully saturated rings. The molecule has 6 nitrogen and oxygen atoms in total. The maximum absolute atomic E-state index is 11.9. The van der Waals surface area contributed by atoms with E-state index in [1.807, 2.05) is 6.07 Å². The molecule has 0 aromatic rings. The maximum atomic E-state index is 11.9.